The lowest BCUT2D eigenvalue weighted by molar-refractivity contribution is 0.695. The number of pyridine rings is 1. The van der Waals surface area contributed by atoms with Crippen molar-refractivity contribution < 1.29 is 0 Å². The minimum Gasteiger partial charge on any atom is -0.381 e. The van der Waals surface area contributed by atoms with E-state index in [4.69, 9.17) is 0 Å². The van der Waals surface area contributed by atoms with Gasteiger partial charge in [0.25, 0.3) is 5.56 Å². The zero-order valence-electron chi connectivity index (χ0n) is 12.2. The van der Waals surface area contributed by atoms with Gasteiger partial charge in [0.1, 0.15) is 0 Å². The van der Waals surface area contributed by atoms with Crippen molar-refractivity contribution in [2.75, 3.05) is 5.32 Å². The van der Waals surface area contributed by atoms with Crippen LogP contribution in [0.25, 0.3) is 0 Å². The van der Waals surface area contributed by atoms with E-state index in [9.17, 15) is 4.79 Å². The highest BCUT2D eigenvalue weighted by Gasteiger charge is 2.04. The second-order valence-electron chi connectivity index (χ2n) is 5.11. The highest BCUT2D eigenvalue weighted by atomic mass is 16.1. The van der Waals surface area contributed by atoms with E-state index in [1.807, 2.05) is 25.3 Å². The number of aromatic nitrogens is 1. The van der Waals surface area contributed by atoms with Crippen molar-refractivity contribution >= 4 is 5.69 Å². The largest absolute Gasteiger partial charge is 0.381 e. The maximum Gasteiger partial charge on any atom is 0.250 e. The Kier molecular flexibility index (Phi) is 4.99. The van der Waals surface area contributed by atoms with Crippen LogP contribution in [0.15, 0.2) is 53.5 Å². The third kappa shape index (κ3) is 3.98. The molecule has 1 aromatic carbocycles. The molecule has 1 aromatic heterocycles. The molecule has 2 rings (SSSR count). The first kappa shape index (κ1) is 14.4. The van der Waals surface area contributed by atoms with E-state index in [1.165, 1.54) is 5.56 Å². The minimum atomic E-state index is 0.0509. The van der Waals surface area contributed by atoms with Gasteiger partial charge < -0.3 is 9.88 Å². The predicted molar refractivity (Wildman–Crippen MR) is 84.2 cm³/mol. The third-order valence-electron chi connectivity index (χ3n) is 3.45. The predicted octanol–water partition coefficient (Wildman–Crippen LogP) is 3.30. The summed E-state index contributed by atoms with van der Waals surface area (Å²) in [5, 5.41) is 3.45. The number of nitrogens with zero attached hydrogens (tertiary/aromatic N) is 1. The van der Waals surface area contributed by atoms with E-state index in [0.29, 0.717) is 12.6 Å². The highest BCUT2D eigenvalue weighted by Crippen LogP contribution is 2.10. The molecule has 0 fully saturated rings. The van der Waals surface area contributed by atoms with Crippen LogP contribution >= 0.6 is 0 Å². The second-order valence-corrected chi connectivity index (χ2v) is 5.11. The zero-order chi connectivity index (χ0) is 14.4. The Hall–Kier alpha value is -2.03. The SMILES string of the molecule is CCn1cc(NC(C)CCc2ccccc2)ccc1=O. The van der Waals surface area contributed by atoms with Crippen LogP contribution in [0.4, 0.5) is 5.69 Å². The van der Waals surface area contributed by atoms with Crippen molar-refractivity contribution in [2.24, 2.45) is 0 Å². The summed E-state index contributed by atoms with van der Waals surface area (Å²) in [6.07, 6.45) is 4.01. The standard InChI is InChI=1S/C17H22N2O/c1-3-19-13-16(11-12-17(19)20)18-14(2)9-10-15-7-5-4-6-8-15/h4-8,11-14,18H,3,9-10H2,1-2H3. The summed E-state index contributed by atoms with van der Waals surface area (Å²) in [5.74, 6) is 0. The summed E-state index contributed by atoms with van der Waals surface area (Å²) < 4.78 is 1.71. The number of nitrogens with one attached hydrogen (secondary N) is 1. The molecule has 1 heterocycles. The summed E-state index contributed by atoms with van der Waals surface area (Å²) >= 11 is 0. The average Bonchev–Trinajstić information content (AvgIpc) is 2.48. The van der Waals surface area contributed by atoms with Crippen LogP contribution in [-0.4, -0.2) is 10.6 Å². The first-order valence-electron chi connectivity index (χ1n) is 7.20. The van der Waals surface area contributed by atoms with Gasteiger partial charge in [0, 0.05) is 24.8 Å². The lowest BCUT2D eigenvalue weighted by atomic mass is 10.1. The normalized spacial score (nSPS) is 12.1. The highest BCUT2D eigenvalue weighted by molar-refractivity contribution is 5.41. The van der Waals surface area contributed by atoms with Gasteiger partial charge in [0.15, 0.2) is 0 Å². The molecule has 1 unspecified atom stereocenters. The maximum absolute atomic E-state index is 11.5. The molecule has 2 aromatic rings. The number of benzene rings is 1. The summed E-state index contributed by atoms with van der Waals surface area (Å²) in [7, 11) is 0. The molecule has 3 nitrogen and oxygen atoms in total. The molecule has 1 atom stereocenters. The molecular weight excluding hydrogens is 248 g/mol. The molecule has 0 radical (unpaired) electrons. The van der Waals surface area contributed by atoms with Crippen LogP contribution < -0.4 is 10.9 Å². The van der Waals surface area contributed by atoms with Gasteiger partial charge in [-0.2, -0.15) is 0 Å². The van der Waals surface area contributed by atoms with Crippen LogP contribution in [0.2, 0.25) is 0 Å². The molecule has 0 bridgehead atoms. The Morgan fingerprint density at radius 2 is 1.90 bits per heavy atom. The molecule has 0 aliphatic rings. The van der Waals surface area contributed by atoms with E-state index in [0.717, 1.165) is 18.5 Å². The van der Waals surface area contributed by atoms with E-state index in [-0.39, 0.29) is 5.56 Å². The number of aryl methyl sites for hydroxylation is 2. The van der Waals surface area contributed by atoms with Crippen LogP contribution in [0.5, 0.6) is 0 Å². The van der Waals surface area contributed by atoms with Crippen molar-refractivity contribution in [2.45, 2.75) is 39.3 Å². The van der Waals surface area contributed by atoms with E-state index in [1.54, 1.807) is 10.6 Å². The fraction of sp³-hybridized carbons (Fsp3) is 0.353. The average molecular weight is 270 g/mol. The van der Waals surface area contributed by atoms with Gasteiger partial charge in [-0.25, -0.2) is 0 Å². The number of rotatable bonds is 6. The molecule has 106 valence electrons. The van der Waals surface area contributed by atoms with Crippen molar-refractivity contribution in [3.63, 3.8) is 0 Å². The molecular formula is C17H22N2O. The van der Waals surface area contributed by atoms with Crippen molar-refractivity contribution in [3.8, 4) is 0 Å². The molecule has 1 N–H and O–H groups in total. The zero-order valence-corrected chi connectivity index (χ0v) is 12.2. The Morgan fingerprint density at radius 1 is 1.15 bits per heavy atom. The Labute approximate surface area is 120 Å². The lowest BCUT2D eigenvalue weighted by Crippen LogP contribution is -2.21. The molecule has 3 heteroatoms. The number of anilines is 1. The van der Waals surface area contributed by atoms with Crippen LogP contribution in [0, 0.1) is 0 Å². The van der Waals surface area contributed by atoms with Gasteiger partial charge in [-0.1, -0.05) is 30.3 Å². The molecule has 0 saturated carbocycles. The Balaban J connectivity index is 1.91. The number of hydrogen-bond donors (Lipinski definition) is 1. The molecule has 0 amide bonds. The molecule has 0 saturated heterocycles. The monoisotopic (exact) mass is 270 g/mol. The van der Waals surface area contributed by atoms with E-state index >= 15 is 0 Å². The third-order valence-corrected chi connectivity index (χ3v) is 3.45. The molecule has 0 aliphatic carbocycles. The van der Waals surface area contributed by atoms with Crippen LogP contribution in [-0.2, 0) is 13.0 Å². The summed E-state index contributed by atoms with van der Waals surface area (Å²) in [5.41, 5.74) is 2.42. The smallest absolute Gasteiger partial charge is 0.250 e. The van der Waals surface area contributed by atoms with Crippen molar-refractivity contribution in [3.05, 3.63) is 64.6 Å². The topological polar surface area (TPSA) is 34.0 Å². The lowest BCUT2D eigenvalue weighted by Gasteiger charge is -2.16. The number of hydrogen-bond acceptors (Lipinski definition) is 2. The quantitative estimate of drug-likeness (QED) is 0.874. The summed E-state index contributed by atoms with van der Waals surface area (Å²) in [4.78, 5) is 11.5. The van der Waals surface area contributed by atoms with Gasteiger partial charge in [0.05, 0.1) is 5.69 Å². The van der Waals surface area contributed by atoms with Gasteiger partial charge in [-0.05, 0) is 38.3 Å². The Morgan fingerprint density at radius 3 is 2.60 bits per heavy atom. The van der Waals surface area contributed by atoms with Crippen LogP contribution in [0.3, 0.4) is 0 Å². The van der Waals surface area contributed by atoms with Crippen molar-refractivity contribution in [1.29, 1.82) is 0 Å². The van der Waals surface area contributed by atoms with Gasteiger partial charge in [-0.15, -0.1) is 0 Å². The minimum absolute atomic E-state index is 0.0509. The first-order valence-corrected chi connectivity index (χ1v) is 7.20. The summed E-state index contributed by atoms with van der Waals surface area (Å²) in [6, 6.07) is 14.4. The van der Waals surface area contributed by atoms with Gasteiger partial charge in [0.2, 0.25) is 0 Å². The van der Waals surface area contributed by atoms with E-state index in [2.05, 4.69) is 36.5 Å². The van der Waals surface area contributed by atoms with Gasteiger partial charge in [-0.3, -0.25) is 4.79 Å². The second kappa shape index (κ2) is 6.94. The van der Waals surface area contributed by atoms with E-state index < -0.39 is 0 Å². The summed E-state index contributed by atoms with van der Waals surface area (Å²) in [6.45, 7) is 4.85. The maximum atomic E-state index is 11.5. The van der Waals surface area contributed by atoms with Crippen molar-refractivity contribution in [1.82, 2.24) is 4.57 Å². The Bertz CT molecular complexity index is 589. The van der Waals surface area contributed by atoms with Gasteiger partial charge >= 0.3 is 0 Å². The molecule has 0 aliphatic heterocycles. The fourth-order valence-electron chi connectivity index (χ4n) is 2.25. The van der Waals surface area contributed by atoms with Crippen LogP contribution in [0.1, 0.15) is 25.8 Å². The fourth-order valence-corrected chi connectivity index (χ4v) is 2.25. The first-order chi connectivity index (χ1) is 9.69. The molecule has 0 spiro atoms. The molecule has 20 heavy (non-hydrogen) atoms.